The Labute approximate surface area is 136 Å². The van der Waals surface area contributed by atoms with Crippen molar-refractivity contribution in [2.75, 3.05) is 25.6 Å². The Bertz CT molecular complexity index is 731. The van der Waals surface area contributed by atoms with Crippen molar-refractivity contribution < 1.29 is 24.2 Å². The Balaban J connectivity index is 2.31. The molecule has 0 aromatic carbocycles. The molecule has 9 heteroatoms. The molecule has 0 radical (unpaired) electrons. The van der Waals surface area contributed by atoms with Gasteiger partial charge in [0, 0.05) is 0 Å². The average Bonchev–Trinajstić information content (AvgIpc) is 2.89. The molecule has 0 fully saturated rings. The number of aromatic nitrogens is 2. The maximum Gasteiger partial charge on any atom is 0.348 e. The predicted octanol–water partition coefficient (Wildman–Crippen LogP) is 1.12. The first kappa shape index (κ1) is 17.1. The highest BCUT2D eigenvalue weighted by atomic mass is 32.1. The zero-order valence-corrected chi connectivity index (χ0v) is 13.8. The number of methoxy groups -OCH3 is 1. The standard InChI is InChI=1S/C14H17N3O5S/c1-4-22-14(20)10-7(2)9-11(16-6-17-12(9)23-10)15-5-8(18)13(19)21-3/h6,8,18H,4-5H2,1-3H3,(H,15,16,17)/t8-/m0/s1. The third kappa shape index (κ3) is 3.57. The van der Waals surface area contributed by atoms with Crippen LogP contribution in [0.5, 0.6) is 0 Å². The number of esters is 2. The number of aryl methyl sites for hydroxylation is 1. The topological polar surface area (TPSA) is 111 Å². The van der Waals surface area contributed by atoms with Crippen LogP contribution in [0, 0.1) is 6.92 Å². The first-order valence-electron chi connectivity index (χ1n) is 6.90. The Morgan fingerprint density at radius 3 is 2.83 bits per heavy atom. The molecule has 0 unspecified atom stereocenters. The lowest BCUT2D eigenvalue weighted by Crippen LogP contribution is -2.29. The molecule has 0 spiro atoms. The second-order valence-electron chi connectivity index (χ2n) is 4.60. The van der Waals surface area contributed by atoms with Crippen LogP contribution in [0.25, 0.3) is 10.2 Å². The third-order valence-electron chi connectivity index (χ3n) is 3.12. The number of hydrogen-bond donors (Lipinski definition) is 2. The zero-order valence-electron chi connectivity index (χ0n) is 13.0. The van der Waals surface area contributed by atoms with Crippen molar-refractivity contribution in [3.8, 4) is 0 Å². The van der Waals surface area contributed by atoms with Crippen molar-refractivity contribution in [3.05, 3.63) is 16.8 Å². The lowest BCUT2D eigenvalue weighted by Gasteiger charge is -2.11. The summed E-state index contributed by atoms with van der Waals surface area (Å²) in [6.07, 6.45) is 0.0357. The fourth-order valence-corrected chi connectivity index (χ4v) is 3.05. The number of hydrogen-bond acceptors (Lipinski definition) is 9. The summed E-state index contributed by atoms with van der Waals surface area (Å²) < 4.78 is 9.48. The van der Waals surface area contributed by atoms with E-state index in [1.54, 1.807) is 13.8 Å². The number of rotatable bonds is 6. The smallest absolute Gasteiger partial charge is 0.348 e. The van der Waals surface area contributed by atoms with E-state index in [0.29, 0.717) is 26.5 Å². The summed E-state index contributed by atoms with van der Waals surface area (Å²) in [6, 6.07) is 0. The van der Waals surface area contributed by atoms with E-state index < -0.39 is 18.0 Å². The van der Waals surface area contributed by atoms with Gasteiger partial charge in [-0.3, -0.25) is 0 Å². The maximum absolute atomic E-state index is 12.0. The zero-order chi connectivity index (χ0) is 17.0. The molecule has 0 aliphatic rings. The lowest BCUT2D eigenvalue weighted by atomic mass is 10.2. The number of aliphatic hydroxyl groups is 1. The monoisotopic (exact) mass is 339 g/mol. The van der Waals surface area contributed by atoms with Crippen molar-refractivity contribution in [2.24, 2.45) is 0 Å². The molecule has 8 nitrogen and oxygen atoms in total. The van der Waals surface area contributed by atoms with E-state index >= 15 is 0 Å². The Morgan fingerprint density at radius 2 is 2.17 bits per heavy atom. The van der Waals surface area contributed by atoms with Gasteiger partial charge in [-0.1, -0.05) is 0 Å². The summed E-state index contributed by atoms with van der Waals surface area (Å²) in [5, 5.41) is 13.2. The molecule has 23 heavy (non-hydrogen) atoms. The summed E-state index contributed by atoms with van der Waals surface area (Å²) in [7, 11) is 1.20. The van der Waals surface area contributed by atoms with Gasteiger partial charge in [-0.25, -0.2) is 19.6 Å². The van der Waals surface area contributed by atoms with Crippen LogP contribution in [-0.4, -0.2) is 53.4 Å². The molecule has 2 aromatic heterocycles. The second kappa shape index (κ2) is 7.34. The summed E-state index contributed by atoms with van der Waals surface area (Å²) in [5.74, 6) is -0.715. The van der Waals surface area contributed by atoms with Gasteiger partial charge in [0.1, 0.15) is 21.9 Å². The SMILES string of the molecule is CCOC(=O)c1sc2ncnc(NC[C@H](O)C(=O)OC)c2c1C. The number of aliphatic hydroxyl groups excluding tert-OH is 1. The molecule has 0 saturated carbocycles. The van der Waals surface area contributed by atoms with Gasteiger partial charge in [0.2, 0.25) is 0 Å². The van der Waals surface area contributed by atoms with Crippen LogP contribution in [0.4, 0.5) is 5.82 Å². The van der Waals surface area contributed by atoms with Gasteiger partial charge < -0.3 is 19.9 Å². The van der Waals surface area contributed by atoms with Crippen LogP contribution in [0.2, 0.25) is 0 Å². The van der Waals surface area contributed by atoms with Gasteiger partial charge in [0.25, 0.3) is 0 Å². The normalized spacial score (nSPS) is 12.0. The van der Waals surface area contributed by atoms with Crippen LogP contribution in [-0.2, 0) is 14.3 Å². The number of carbonyl (C=O) groups excluding carboxylic acids is 2. The van der Waals surface area contributed by atoms with E-state index in [9.17, 15) is 14.7 Å². The minimum Gasteiger partial charge on any atom is -0.467 e. The van der Waals surface area contributed by atoms with Crippen LogP contribution in [0.3, 0.4) is 0 Å². The maximum atomic E-state index is 12.0. The largest absolute Gasteiger partial charge is 0.467 e. The Hall–Kier alpha value is -2.26. The first-order chi connectivity index (χ1) is 11.0. The molecule has 2 rings (SSSR count). The first-order valence-corrected chi connectivity index (χ1v) is 7.72. The molecule has 2 aromatic rings. The van der Waals surface area contributed by atoms with Crippen molar-refractivity contribution >= 4 is 39.3 Å². The fourth-order valence-electron chi connectivity index (χ4n) is 2.01. The lowest BCUT2D eigenvalue weighted by molar-refractivity contribution is -0.149. The van der Waals surface area contributed by atoms with Crippen molar-refractivity contribution in [3.63, 3.8) is 0 Å². The van der Waals surface area contributed by atoms with Crippen molar-refractivity contribution in [2.45, 2.75) is 20.0 Å². The van der Waals surface area contributed by atoms with Crippen LogP contribution >= 0.6 is 11.3 Å². The number of ether oxygens (including phenoxy) is 2. The molecular formula is C14H17N3O5S. The van der Waals surface area contributed by atoms with Gasteiger partial charge >= 0.3 is 11.9 Å². The molecule has 2 N–H and O–H groups in total. The van der Waals surface area contributed by atoms with Gasteiger partial charge in [0.15, 0.2) is 6.10 Å². The number of nitrogens with zero attached hydrogens (tertiary/aromatic N) is 2. The van der Waals surface area contributed by atoms with E-state index in [1.807, 2.05) is 0 Å². The number of anilines is 1. The summed E-state index contributed by atoms with van der Waals surface area (Å²) in [6.45, 7) is 3.73. The van der Waals surface area contributed by atoms with Gasteiger partial charge in [0.05, 0.1) is 25.6 Å². The summed E-state index contributed by atoms with van der Waals surface area (Å²) in [5.41, 5.74) is 0.694. The highest BCUT2D eigenvalue weighted by Gasteiger charge is 2.21. The molecule has 0 amide bonds. The van der Waals surface area contributed by atoms with Gasteiger partial charge in [-0.2, -0.15) is 0 Å². The van der Waals surface area contributed by atoms with E-state index in [0.717, 1.165) is 0 Å². The minimum absolute atomic E-state index is 0.0667. The third-order valence-corrected chi connectivity index (χ3v) is 4.30. The number of thiophene rings is 1. The number of nitrogens with one attached hydrogen (secondary N) is 1. The van der Waals surface area contributed by atoms with Gasteiger partial charge in [-0.05, 0) is 19.4 Å². The fraction of sp³-hybridized carbons (Fsp3) is 0.429. The van der Waals surface area contributed by atoms with Crippen LogP contribution in [0.15, 0.2) is 6.33 Å². The molecule has 0 aliphatic heterocycles. The van der Waals surface area contributed by atoms with E-state index in [1.165, 1.54) is 24.8 Å². The second-order valence-corrected chi connectivity index (χ2v) is 5.60. The molecular weight excluding hydrogens is 322 g/mol. The molecule has 2 heterocycles. The molecule has 0 aliphatic carbocycles. The highest BCUT2D eigenvalue weighted by molar-refractivity contribution is 7.20. The number of fused-ring (bicyclic) bond motifs is 1. The Kier molecular flexibility index (Phi) is 5.45. The predicted molar refractivity (Wildman–Crippen MR) is 84.6 cm³/mol. The van der Waals surface area contributed by atoms with Gasteiger partial charge in [-0.15, -0.1) is 11.3 Å². The molecule has 0 bridgehead atoms. The van der Waals surface area contributed by atoms with E-state index in [4.69, 9.17) is 4.74 Å². The van der Waals surface area contributed by atoms with Crippen molar-refractivity contribution in [1.29, 1.82) is 0 Å². The average molecular weight is 339 g/mol. The highest BCUT2D eigenvalue weighted by Crippen LogP contribution is 2.33. The summed E-state index contributed by atoms with van der Waals surface area (Å²) in [4.78, 5) is 32.5. The number of carbonyl (C=O) groups is 2. The molecule has 1 atom stereocenters. The van der Waals surface area contributed by atoms with E-state index in [2.05, 4.69) is 20.0 Å². The van der Waals surface area contributed by atoms with Crippen LogP contribution < -0.4 is 5.32 Å². The van der Waals surface area contributed by atoms with Crippen LogP contribution in [0.1, 0.15) is 22.2 Å². The quantitative estimate of drug-likeness (QED) is 0.753. The van der Waals surface area contributed by atoms with Crippen molar-refractivity contribution in [1.82, 2.24) is 9.97 Å². The molecule has 0 saturated heterocycles. The summed E-state index contributed by atoms with van der Waals surface area (Å²) >= 11 is 1.21. The minimum atomic E-state index is -1.31. The Morgan fingerprint density at radius 1 is 1.43 bits per heavy atom. The molecule has 124 valence electrons. The van der Waals surface area contributed by atoms with E-state index in [-0.39, 0.29) is 13.2 Å².